The van der Waals surface area contributed by atoms with E-state index in [2.05, 4.69) is 64.5 Å². The second-order valence-electron chi connectivity index (χ2n) is 16.5. The topological polar surface area (TPSA) is 152 Å². The number of carbonyl (C=O) groups is 1. The van der Waals surface area contributed by atoms with Gasteiger partial charge in [-0.05, 0) is 104 Å². The van der Waals surface area contributed by atoms with Crippen LogP contribution in [0.15, 0.2) is 67.1 Å². The van der Waals surface area contributed by atoms with Gasteiger partial charge in [0.25, 0.3) is 0 Å². The predicted octanol–water partition coefficient (Wildman–Crippen LogP) is 6.21. The van der Waals surface area contributed by atoms with Gasteiger partial charge >= 0.3 is 0 Å². The molecule has 9 rings (SSSR count). The van der Waals surface area contributed by atoms with E-state index in [9.17, 15) is 13.2 Å². The summed E-state index contributed by atoms with van der Waals surface area (Å²) < 4.78 is 44.0. The van der Waals surface area contributed by atoms with Crippen LogP contribution in [-0.2, 0) is 39.1 Å². The van der Waals surface area contributed by atoms with Crippen molar-refractivity contribution in [2.75, 3.05) is 52.8 Å². The van der Waals surface area contributed by atoms with Gasteiger partial charge in [-0.2, -0.15) is 4.98 Å². The van der Waals surface area contributed by atoms with Crippen LogP contribution in [0.3, 0.4) is 0 Å². The van der Waals surface area contributed by atoms with Crippen LogP contribution in [0, 0.1) is 12.8 Å². The number of ether oxygens (including phenoxy) is 3. The minimum absolute atomic E-state index is 0.157. The van der Waals surface area contributed by atoms with Gasteiger partial charge in [0, 0.05) is 70.3 Å². The van der Waals surface area contributed by atoms with Crippen molar-refractivity contribution in [3.05, 3.63) is 95.1 Å². The molecule has 5 aromatic rings. The number of likely N-dealkylation sites (tertiary alicyclic amines) is 2. The molecule has 2 aliphatic heterocycles. The van der Waals surface area contributed by atoms with E-state index in [-0.39, 0.29) is 24.0 Å². The number of amides is 1. The zero-order valence-electron chi connectivity index (χ0n) is 34.6. The maximum atomic E-state index is 13.1. The van der Waals surface area contributed by atoms with Crippen LogP contribution in [0.5, 0.6) is 11.8 Å². The van der Waals surface area contributed by atoms with Crippen molar-refractivity contribution in [2.45, 2.75) is 76.0 Å². The number of fused-ring (bicyclic) bond motifs is 2. The second kappa shape index (κ2) is 16.7. The maximum Gasteiger partial charge on any atom is 0.240 e. The first kappa shape index (κ1) is 40.2. The summed E-state index contributed by atoms with van der Waals surface area (Å²) in [5.41, 5.74) is 9.34. The molecule has 2 saturated heterocycles. The van der Waals surface area contributed by atoms with Gasteiger partial charge in [0.15, 0.2) is 5.82 Å². The SMILES string of the molecule is COc1nc(O[C@@H]2CCc3c(-c4cccc(Nc5nccc6cc(CN7CC[C@@H](C(=O)N(C)S(=O)(=O)C8CC8)C7)cnc56)c4C)cccc32)cnc1CN1CC[C@@H](OC)C1. The molecule has 60 heavy (non-hydrogen) atoms. The number of benzene rings is 2. The van der Waals surface area contributed by atoms with E-state index in [0.29, 0.717) is 56.5 Å². The third-order valence-corrected chi connectivity index (χ3v) is 14.9. The highest BCUT2D eigenvalue weighted by atomic mass is 32.2. The van der Waals surface area contributed by atoms with Crippen molar-refractivity contribution in [2.24, 2.45) is 5.92 Å². The highest BCUT2D eigenvalue weighted by molar-refractivity contribution is 7.90. The number of hydrogen-bond donors (Lipinski definition) is 1. The first-order valence-corrected chi connectivity index (χ1v) is 22.4. The minimum atomic E-state index is -3.54. The Balaban J connectivity index is 0.875. The van der Waals surface area contributed by atoms with Crippen LogP contribution in [-0.4, -0.2) is 107 Å². The molecule has 1 saturated carbocycles. The van der Waals surface area contributed by atoms with Crippen LogP contribution in [0.4, 0.5) is 11.5 Å². The number of nitrogens with one attached hydrogen (secondary N) is 1. The van der Waals surface area contributed by atoms with Gasteiger partial charge in [-0.3, -0.25) is 19.6 Å². The Morgan fingerprint density at radius 2 is 1.72 bits per heavy atom. The third kappa shape index (κ3) is 8.03. The maximum absolute atomic E-state index is 13.1. The molecule has 0 spiro atoms. The van der Waals surface area contributed by atoms with Crippen LogP contribution in [0.25, 0.3) is 22.0 Å². The molecule has 1 N–H and O–H groups in total. The van der Waals surface area contributed by atoms with Crippen LogP contribution in [0.1, 0.15) is 66.2 Å². The Morgan fingerprint density at radius 3 is 2.52 bits per heavy atom. The molecule has 4 aliphatic rings. The van der Waals surface area contributed by atoms with E-state index in [1.165, 1.54) is 18.2 Å². The zero-order chi connectivity index (χ0) is 41.5. The van der Waals surface area contributed by atoms with Gasteiger partial charge < -0.3 is 19.5 Å². The van der Waals surface area contributed by atoms with E-state index < -0.39 is 15.3 Å². The fourth-order valence-corrected chi connectivity index (χ4v) is 10.7. The zero-order valence-corrected chi connectivity index (χ0v) is 35.5. The van der Waals surface area contributed by atoms with E-state index in [1.807, 2.05) is 12.3 Å². The summed E-state index contributed by atoms with van der Waals surface area (Å²) in [6.07, 6.45) is 10.1. The lowest BCUT2D eigenvalue weighted by Gasteiger charge is -2.21. The van der Waals surface area contributed by atoms with Crippen molar-refractivity contribution in [1.82, 2.24) is 34.0 Å². The monoisotopic (exact) mass is 832 g/mol. The molecule has 1 amide bonds. The van der Waals surface area contributed by atoms with E-state index >= 15 is 0 Å². The van der Waals surface area contributed by atoms with Gasteiger partial charge in [0.1, 0.15) is 17.3 Å². The molecule has 0 bridgehead atoms. The molecule has 5 heterocycles. The lowest BCUT2D eigenvalue weighted by atomic mass is 9.93. The van der Waals surface area contributed by atoms with Gasteiger partial charge in [0.2, 0.25) is 27.7 Å². The first-order valence-electron chi connectivity index (χ1n) is 20.9. The molecule has 14 nitrogen and oxygen atoms in total. The van der Waals surface area contributed by atoms with Gasteiger partial charge in [-0.15, -0.1) is 0 Å². The van der Waals surface area contributed by atoms with E-state index in [1.54, 1.807) is 26.6 Å². The fourth-order valence-electron chi connectivity index (χ4n) is 9.07. The summed E-state index contributed by atoms with van der Waals surface area (Å²) in [4.78, 5) is 36.6. The molecular formula is C45H52N8O6S. The Hall–Kier alpha value is -5.22. The highest BCUT2D eigenvalue weighted by Gasteiger charge is 2.43. The van der Waals surface area contributed by atoms with Crippen molar-refractivity contribution in [3.8, 4) is 22.9 Å². The normalized spacial score (nSPS) is 20.7. The Labute approximate surface area is 351 Å². The molecule has 3 aromatic heterocycles. The van der Waals surface area contributed by atoms with Gasteiger partial charge in [-0.25, -0.2) is 22.7 Å². The molecule has 0 radical (unpaired) electrons. The molecule has 0 unspecified atom stereocenters. The first-order chi connectivity index (χ1) is 29.1. The van der Waals surface area contributed by atoms with Crippen LogP contribution in [0.2, 0.25) is 0 Å². The smallest absolute Gasteiger partial charge is 0.240 e. The summed E-state index contributed by atoms with van der Waals surface area (Å²) in [6.45, 7) is 6.45. The fraction of sp³-hybridized carbons (Fsp3) is 0.444. The van der Waals surface area contributed by atoms with Crippen molar-refractivity contribution < 1.29 is 27.4 Å². The van der Waals surface area contributed by atoms with Crippen molar-refractivity contribution in [1.29, 1.82) is 0 Å². The molecule has 2 aromatic carbocycles. The summed E-state index contributed by atoms with van der Waals surface area (Å²) >= 11 is 0. The number of rotatable bonds is 14. The molecule has 2 aliphatic carbocycles. The summed E-state index contributed by atoms with van der Waals surface area (Å²) in [6, 6.07) is 16.8. The molecule has 15 heteroatoms. The Bertz CT molecular complexity index is 2530. The quantitative estimate of drug-likeness (QED) is 0.135. The number of methoxy groups -OCH3 is 2. The second-order valence-corrected chi connectivity index (χ2v) is 18.8. The lowest BCUT2D eigenvalue weighted by molar-refractivity contribution is -0.129. The highest BCUT2D eigenvalue weighted by Crippen LogP contribution is 2.42. The van der Waals surface area contributed by atoms with Crippen LogP contribution < -0.4 is 14.8 Å². The minimum Gasteiger partial charge on any atom is -0.480 e. The number of nitrogens with zero attached hydrogens (tertiary/aromatic N) is 7. The predicted molar refractivity (Wildman–Crippen MR) is 228 cm³/mol. The Morgan fingerprint density at radius 1 is 0.917 bits per heavy atom. The number of pyridine rings is 2. The number of hydrogen-bond acceptors (Lipinski definition) is 13. The molecule has 3 fully saturated rings. The third-order valence-electron chi connectivity index (χ3n) is 12.6. The summed E-state index contributed by atoms with van der Waals surface area (Å²) in [5.74, 6) is 0.959. The average molecular weight is 833 g/mol. The van der Waals surface area contributed by atoms with Gasteiger partial charge in [-0.1, -0.05) is 30.3 Å². The van der Waals surface area contributed by atoms with Crippen LogP contribution >= 0.6 is 0 Å². The van der Waals surface area contributed by atoms with E-state index in [4.69, 9.17) is 34.1 Å². The average Bonchev–Trinajstić information content (AvgIpc) is 3.65. The molecular weight excluding hydrogens is 781 g/mol. The van der Waals surface area contributed by atoms with Gasteiger partial charge in [0.05, 0.1) is 30.6 Å². The van der Waals surface area contributed by atoms with E-state index in [0.717, 1.165) is 87.7 Å². The van der Waals surface area contributed by atoms with Crippen molar-refractivity contribution >= 4 is 38.3 Å². The largest absolute Gasteiger partial charge is 0.480 e. The molecule has 314 valence electrons. The standard InChI is InChI=1S/C45H52N8O6S/c1-28-34(35-8-5-9-37-36(35)13-14-40(37)59-41-23-47-39(44(50-41)58-4)27-53-20-17-32(26-53)57-3)7-6-10-38(28)49-43-42-30(15-18-46-43)21-29(22-48-42)24-52-19-16-31(25-52)45(54)51(2)60(55,56)33-11-12-33/h5-10,15,18,21-23,31-33,40H,11-14,16-17,19-20,24-27H2,1-4H3,(H,46,49)/t31-,32-,40-/m1/s1. The number of aromatic nitrogens is 4. The summed E-state index contributed by atoms with van der Waals surface area (Å²) in [5, 5.41) is 4.14. The summed E-state index contributed by atoms with van der Waals surface area (Å²) in [7, 11) is 1.25. The van der Waals surface area contributed by atoms with Crippen molar-refractivity contribution in [3.63, 3.8) is 0 Å². The number of carbonyl (C=O) groups excluding carboxylic acids is 1. The Kier molecular flexibility index (Phi) is 11.2. The molecule has 3 atom stereocenters. The number of sulfonamides is 1. The lowest BCUT2D eigenvalue weighted by Crippen LogP contribution is -2.40. The number of anilines is 2.